The molecule has 0 N–H and O–H groups in total. The lowest BCUT2D eigenvalue weighted by Gasteiger charge is -2.53. The summed E-state index contributed by atoms with van der Waals surface area (Å²) in [5, 5.41) is 0. The van der Waals surface area contributed by atoms with Crippen molar-refractivity contribution in [3.05, 3.63) is 0 Å². The van der Waals surface area contributed by atoms with Gasteiger partial charge >= 0.3 is 0 Å². The van der Waals surface area contributed by atoms with Gasteiger partial charge in [0.05, 0.1) is 17.7 Å². The molecular formula is C14H25N3O4S. The van der Waals surface area contributed by atoms with E-state index in [1.807, 2.05) is 4.90 Å². The number of carbonyl (C=O) groups excluding carboxylic acids is 2. The van der Waals surface area contributed by atoms with Crippen molar-refractivity contribution in [2.75, 3.05) is 58.8 Å². The number of β-lactam (4-membered cyclic amide) rings is 1. The number of likely N-dealkylation sites (tertiary alicyclic amines) is 2. The van der Waals surface area contributed by atoms with E-state index in [2.05, 4.69) is 0 Å². The van der Waals surface area contributed by atoms with Crippen LogP contribution in [0.5, 0.6) is 0 Å². The van der Waals surface area contributed by atoms with E-state index in [9.17, 15) is 18.0 Å². The van der Waals surface area contributed by atoms with Crippen LogP contribution in [0.4, 0.5) is 0 Å². The van der Waals surface area contributed by atoms with E-state index in [4.69, 9.17) is 0 Å². The van der Waals surface area contributed by atoms with Gasteiger partial charge in [0.2, 0.25) is 11.8 Å². The van der Waals surface area contributed by atoms with Crippen molar-refractivity contribution in [3.63, 3.8) is 0 Å². The summed E-state index contributed by atoms with van der Waals surface area (Å²) in [6.45, 7) is 2.65. The Kier molecular flexibility index (Phi) is 4.81. The zero-order valence-electron chi connectivity index (χ0n) is 13.5. The third-order valence-electron chi connectivity index (χ3n) is 4.48. The minimum Gasteiger partial charge on any atom is -0.348 e. The van der Waals surface area contributed by atoms with Gasteiger partial charge in [-0.2, -0.15) is 0 Å². The average molecular weight is 331 g/mol. The molecule has 2 aliphatic heterocycles. The average Bonchev–Trinajstić information content (AvgIpc) is 2.42. The van der Waals surface area contributed by atoms with E-state index in [0.29, 0.717) is 19.6 Å². The van der Waals surface area contributed by atoms with Gasteiger partial charge in [0.25, 0.3) is 0 Å². The predicted octanol–water partition coefficient (Wildman–Crippen LogP) is -0.956. The Hall–Kier alpha value is -1.15. The molecule has 7 nitrogen and oxygen atoms in total. The lowest BCUT2D eigenvalue weighted by atomic mass is 9.72. The molecule has 0 radical (unpaired) electrons. The van der Waals surface area contributed by atoms with E-state index in [1.165, 1.54) is 6.26 Å². The van der Waals surface area contributed by atoms with Gasteiger partial charge in [-0.25, -0.2) is 8.42 Å². The van der Waals surface area contributed by atoms with Crippen molar-refractivity contribution < 1.29 is 18.0 Å². The molecule has 1 atom stereocenters. The van der Waals surface area contributed by atoms with Crippen LogP contribution in [0.15, 0.2) is 0 Å². The normalized spacial score (nSPS) is 26.1. The van der Waals surface area contributed by atoms with Crippen LogP contribution in [0.25, 0.3) is 0 Å². The molecule has 0 aromatic carbocycles. The van der Waals surface area contributed by atoms with Crippen molar-refractivity contribution in [1.29, 1.82) is 0 Å². The summed E-state index contributed by atoms with van der Waals surface area (Å²) in [4.78, 5) is 29.5. The Morgan fingerprint density at radius 1 is 1.32 bits per heavy atom. The fraction of sp³-hybridized carbons (Fsp3) is 0.857. The Balaban J connectivity index is 1.90. The fourth-order valence-electron chi connectivity index (χ4n) is 3.20. The van der Waals surface area contributed by atoms with Gasteiger partial charge in [0.1, 0.15) is 9.84 Å². The molecule has 2 aliphatic rings. The summed E-state index contributed by atoms with van der Waals surface area (Å²) in [5.41, 5.74) is -0.400. The summed E-state index contributed by atoms with van der Waals surface area (Å²) in [7, 11) is 0.400. The smallest absolute Gasteiger partial charge is 0.236 e. The molecule has 0 saturated carbocycles. The first-order chi connectivity index (χ1) is 10.1. The van der Waals surface area contributed by atoms with Crippen LogP contribution in [-0.4, -0.2) is 93.8 Å². The molecule has 2 saturated heterocycles. The second kappa shape index (κ2) is 6.16. The molecule has 8 heteroatoms. The van der Waals surface area contributed by atoms with Gasteiger partial charge in [-0.15, -0.1) is 0 Å². The van der Waals surface area contributed by atoms with Crippen molar-refractivity contribution in [2.45, 2.75) is 12.8 Å². The predicted molar refractivity (Wildman–Crippen MR) is 83.1 cm³/mol. The van der Waals surface area contributed by atoms with E-state index < -0.39 is 15.3 Å². The molecule has 126 valence electrons. The highest BCUT2D eigenvalue weighted by atomic mass is 32.2. The van der Waals surface area contributed by atoms with Crippen molar-refractivity contribution in [2.24, 2.45) is 5.41 Å². The zero-order valence-corrected chi connectivity index (χ0v) is 14.4. The van der Waals surface area contributed by atoms with E-state index in [0.717, 1.165) is 19.4 Å². The minimum atomic E-state index is -3.05. The number of amides is 2. The number of hydrogen-bond donors (Lipinski definition) is 0. The van der Waals surface area contributed by atoms with Crippen LogP contribution in [0.2, 0.25) is 0 Å². The molecule has 0 aromatic heterocycles. The van der Waals surface area contributed by atoms with Gasteiger partial charge < -0.3 is 9.80 Å². The maximum atomic E-state index is 12.4. The quantitative estimate of drug-likeness (QED) is 0.607. The van der Waals surface area contributed by atoms with Gasteiger partial charge in [-0.05, 0) is 19.4 Å². The van der Waals surface area contributed by atoms with Gasteiger partial charge in [0.15, 0.2) is 0 Å². The van der Waals surface area contributed by atoms with Gasteiger partial charge in [-0.1, -0.05) is 0 Å². The number of carbonyl (C=O) groups is 2. The number of hydrogen-bond acceptors (Lipinski definition) is 5. The van der Waals surface area contributed by atoms with E-state index in [1.54, 1.807) is 23.9 Å². The van der Waals surface area contributed by atoms with Crippen molar-refractivity contribution in [3.8, 4) is 0 Å². The summed E-state index contributed by atoms with van der Waals surface area (Å²) in [5.74, 6) is 0.0911. The van der Waals surface area contributed by atoms with Crippen LogP contribution in [0.1, 0.15) is 12.8 Å². The van der Waals surface area contributed by atoms with Crippen molar-refractivity contribution >= 4 is 21.7 Å². The largest absolute Gasteiger partial charge is 0.348 e. The van der Waals surface area contributed by atoms with Crippen LogP contribution < -0.4 is 0 Å². The Morgan fingerprint density at radius 2 is 2.00 bits per heavy atom. The van der Waals surface area contributed by atoms with E-state index >= 15 is 0 Å². The van der Waals surface area contributed by atoms with Crippen molar-refractivity contribution in [1.82, 2.24) is 14.7 Å². The number of rotatable bonds is 5. The third-order valence-corrected chi connectivity index (χ3v) is 5.40. The standard InChI is InChI=1S/C14H25N3O4S/c1-15(2)12(18)9-16-6-4-5-14(10-16)11-17(13(14)19)7-8-22(3,20)21/h4-11H2,1-3H3. The second-order valence-electron chi connectivity index (χ2n) is 6.74. The first-order valence-electron chi connectivity index (χ1n) is 7.53. The summed E-state index contributed by atoms with van der Waals surface area (Å²) >= 11 is 0. The molecule has 22 heavy (non-hydrogen) atoms. The maximum Gasteiger partial charge on any atom is 0.236 e. The molecule has 2 fully saturated rings. The molecule has 1 unspecified atom stereocenters. The third kappa shape index (κ3) is 3.78. The SMILES string of the molecule is CN(C)C(=O)CN1CCCC2(C1)CN(CCS(C)(=O)=O)C2=O. The van der Waals surface area contributed by atoms with Gasteiger partial charge in [-0.3, -0.25) is 14.5 Å². The Labute approximate surface area is 132 Å². The Bertz CT molecular complexity index is 560. The monoisotopic (exact) mass is 331 g/mol. The van der Waals surface area contributed by atoms with E-state index in [-0.39, 0.29) is 24.1 Å². The number of likely N-dealkylation sites (N-methyl/N-ethyl adjacent to an activating group) is 1. The number of piperidine rings is 1. The molecule has 2 heterocycles. The maximum absolute atomic E-state index is 12.4. The molecular weight excluding hydrogens is 306 g/mol. The fourth-order valence-corrected chi connectivity index (χ4v) is 3.76. The minimum absolute atomic E-state index is 0.0116. The lowest BCUT2D eigenvalue weighted by molar-refractivity contribution is -0.166. The molecule has 1 spiro atoms. The second-order valence-corrected chi connectivity index (χ2v) is 9.00. The molecule has 0 bridgehead atoms. The van der Waals surface area contributed by atoms with Crippen LogP contribution in [-0.2, 0) is 19.4 Å². The highest BCUT2D eigenvalue weighted by Gasteiger charge is 2.53. The topological polar surface area (TPSA) is 78.0 Å². The lowest BCUT2D eigenvalue weighted by Crippen LogP contribution is -2.67. The zero-order chi connectivity index (χ0) is 16.5. The highest BCUT2D eigenvalue weighted by molar-refractivity contribution is 7.90. The summed E-state index contributed by atoms with van der Waals surface area (Å²) in [6.07, 6.45) is 2.91. The van der Waals surface area contributed by atoms with Gasteiger partial charge in [0, 0.05) is 40.0 Å². The first-order valence-corrected chi connectivity index (χ1v) is 9.59. The Morgan fingerprint density at radius 3 is 2.55 bits per heavy atom. The summed E-state index contributed by atoms with van der Waals surface area (Å²) < 4.78 is 22.4. The summed E-state index contributed by atoms with van der Waals surface area (Å²) in [6, 6.07) is 0. The van der Waals surface area contributed by atoms with Crippen LogP contribution >= 0.6 is 0 Å². The van der Waals surface area contributed by atoms with Crippen LogP contribution in [0.3, 0.4) is 0 Å². The molecule has 2 amide bonds. The highest BCUT2D eigenvalue weighted by Crippen LogP contribution is 2.40. The van der Waals surface area contributed by atoms with Crippen LogP contribution in [0, 0.1) is 5.41 Å². The number of nitrogens with zero attached hydrogens (tertiary/aromatic N) is 3. The number of sulfone groups is 1. The molecule has 2 rings (SSSR count). The molecule has 0 aliphatic carbocycles. The molecule has 0 aromatic rings. The first kappa shape index (κ1) is 17.2.